The highest BCUT2D eigenvalue weighted by Crippen LogP contribution is 2.36. The fourth-order valence-electron chi connectivity index (χ4n) is 2.87. The maximum atomic E-state index is 12.2. The van der Waals surface area contributed by atoms with Crippen LogP contribution >= 0.6 is 0 Å². The van der Waals surface area contributed by atoms with E-state index in [2.05, 4.69) is 15.0 Å². The SMILES string of the molecule is CC1(C)OB(c2ccc(-c3nc4ccccc4c(=O)[nH]3)[nH]2)OC1(C)C. The van der Waals surface area contributed by atoms with E-state index in [4.69, 9.17) is 9.31 Å². The maximum absolute atomic E-state index is 12.2. The van der Waals surface area contributed by atoms with Crippen LogP contribution in [0.4, 0.5) is 0 Å². The lowest BCUT2D eigenvalue weighted by Crippen LogP contribution is -2.41. The van der Waals surface area contributed by atoms with Crippen LogP contribution in [0.15, 0.2) is 41.2 Å². The quantitative estimate of drug-likeness (QED) is 0.703. The average molecular weight is 337 g/mol. The second kappa shape index (κ2) is 5.31. The predicted molar refractivity (Wildman–Crippen MR) is 97.9 cm³/mol. The molecule has 3 heterocycles. The summed E-state index contributed by atoms with van der Waals surface area (Å²) in [6.07, 6.45) is 0. The number of hydrogen-bond acceptors (Lipinski definition) is 4. The Bertz CT molecular complexity index is 990. The highest BCUT2D eigenvalue weighted by atomic mass is 16.7. The summed E-state index contributed by atoms with van der Waals surface area (Å²) in [5, 5.41) is 0.573. The molecule has 128 valence electrons. The Hall–Kier alpha value is -2.38. The van der Waals surface area contributed by atoms with Crippen molar-refractivity contribution in [3.8, 4) is 11.5 Å². The Morgan fingerprint density at radius 1 is 0.960 bits per heavy atom. The Morgan fingerprint density at radius 2 is 1.64 bits per heavy atom. The van der Waals surface area contributed by atoms with Crippen LogP contribution in [0.3, 0.4) is 0 Å². The molecule has 1 fully saturated rings. The van der Waals surface area contributed by atoms with Crippen molar-refractivity contribution in [3.05, 3.63) is 46.8 Å². The molecule has 4 rings (SSSR count). The van der Waals surface area contributed by atoms with Gasteiger partial charge in [-0.25, -0.2) is 4.98 Å². The number of benzene rings is 1. The first-order valence-corrected chi connectivity index (χ1v) is 8.31. The lowest BCUT2D eigenvalue weighted by molar-refractivity contribution is 0.00578. The minimum Gasteiger partial charge on any atom is -0.398 e. The zero-order chi connectivity index (χ0) is 17.8. The Morgan fingerprint density at radius 3 is 2.36 bits per heavy atom. The fourth-order valence-corrected chi connectivity index (χ4v) is 2.87. The van der Waals surface area contributed by atoms with Crippen LogP contribution in [0.25, 0.3) is 22.4 Å². The molecule has 0 radical (unpaired) electrons. The van der Waals surface area contributed by atoms with Crippen LogP contribution < -0.4 is 11.2 Å². The van der Waals surface area contributed by atoms with Gasteiger partial charge in [-0.1, -0.05) is 12.1 Å². The van der Waals surface area contributed by atoms with Gasteiger partial charge >= 0.3 is 7.12 Å². The summed E-state index contributed by atoms with van der Waals surface area (Å²) in [5.74, 6) is 0.492. The Labute approximate surface area is 145 Å². The van der Waals surface area contributed by atoms with Crippen molar-refractivity contribution >= 4 is 23.6 Å². The number of aromatic nitrogens is 3. The molecule has 2 N–H and O–H groups in total. The van der Waals surface area contributed by atoms with Crippen molar-refractivity contribution in [3.63, 3.8) is 0 Å². The third-order valence-corrected chi connectivity index (χ3v) is 5.08. The number of hydrogen-bond donors (Lipinski definition) is 2. The van der Waals surface area contributed by atoms with Crippen molar-refractivity contribution in [2.75, 3.05) is 0 Å². The van der Waals surface area contributed by atoms with E-state index in [1.807, 2.05) is 58.0 Å². The number of H-pyrrole nitrogens is 2. The second-order valence-corrected chi connectivity index (χ2v) is 7.35. The summed E-state index contributed by atoms with van der Waals surface area (Å²) in [5.41, 5.74) is 1.20. The van der Waals surface area contributed by atoms with Gasteiger partial charge < -0.3 is 19.3 Å². The van der Waals surface area contributed by atoms with Crippen molar-refractivity contribution in [1.82, 2.24) is 15.0 Å². The topological polar surface area (TPSA) is 80.0 Å². The first kappa shape index (κ1) is 16.1. The molecule has 0 aliphatic carbocycles. The lowest BCUT2D eigenvalue weighted by atomic mass is 9.85. The van der Waals surface area contributed by atoms with Crippen LogP contribution in [0.5, 0.6) is 0 Å². The molecule has 1 aromatic carbocycles. The summed E-state index contributed by atoms with van der Waals surface area (Å²) in [6.45, 7) is 8.05. The number of nitrogens with one attached hydrogen (secondary N) is 2. The Kier molecular flexibility index (Phi) is 3.42. The molecule has 0 atom stereocenters. The van der Waals surface area contributed by atoms with Crippen LogP contribution in [0, 0.1) is 0 Å². The molecule has 0 saturated carbocycles. The molecular weight excluding hydrogens is 317 g/mol. The number of aromatic amines is 2. The zero-order valence-electron chi connectivity index (χ0n) is 14.7. The highest BCUT2D eigenvalue weighted by Gasteiger charge is 2.52. The van der Waals surface area contributed by atoms with Crippen molar-refractivity contribution in [2.24, 2.45) is 0 Å². The Balaban J connectivity index is 1.70. The first-order chi connectivity index (χ1) is 11.8. The maximum Gasteiger partial charge on any atom is 0.512 e. The standard InChI is InChI=1S/C18H20BN3O3/c1-17(2)18(3,4)25-19(24-17)14-10-9-13(20-14)15-21-12-8-6-5-7-11(12)16(23)22-15/h5-10,20H,1-4H3,(H,21,22,23). The molecule has 1 saturated heterocycles. The zero-order valence-corrected chi connectivity index (χ0v) is 14.7. The smallest absolute Gasteiger partial charge is 0.398 e. The van der Waals surface area contributed by atoms with E-state index >= 15 is 0 Å². The molecule has 1 aliphatic rings. The van der Waals surface area contributed by atoms with E-state index in [0.29, 0.717) is 22.4 Å². The van der Waals surface area contributed by atoms with Crippen molar-refractivity contribution in [1.29, 1.82) is 0 Å². The molecule has 2 aromatic heterocycles. The average Bonchev–Trinajstić information content (AvgIpc) is 3.11. The van der Waals surface area contributed by atoms with E-state index in [1.165, 1.54) is 0 Å². The second-order valence-electron chi connectivity index (χ2n) is 7.35. The minimum absolute atomic E-state index is 0.160. The largest absolute Gasteiger partial charge is 0.512 e. The molecule has 6 nitrogen and oxygen atoms in total. The van der Waals surface area contributed by atoms with Crippen LogP contribution in [0.2, 0.25) is 0 Å². The third kappa shape index (κ3) is 2.60. The molecule has 0 amide bonds. The van der Waals surface area contributed by atoms with E-state index in [9.17, 15) is 4.79 Å². The highest BCUT2D eigenvalue weighted by molar-refractivity contribution is 6.61. The van der Waals surface area contributed by atoms with Crippen molar-refractivity contribution in [2.45, 2.75) is 38.9 Å². The number of para-hydroxylation sites is 1. The normalized spacial score (nSPS) is 18.8. The molecule has 25 heavy (non-hydrogen) atoms. The van der Waals surface area contributed by atoms with Gasteiger partial charge in [-0.15, -0.1) is 0 Å². The molecule has 1 aliphatic heterocycles. The molecular formula is C18H20BN3O3. The van der Waals surface area contributed by atoms with Crippen LogP contribution in [-0.4, -0.2) is 33.3 Å². The fraction of sp³-hybridized carbons (Fsp3) is 0.333. The third-order valence-electron chi connectivity index (χ3n) is 5.08. The van der Waals surface area contributed by atoms with Gasteiger partial charge in [0.2, 0.25) is 0 Å². The predicted octanol–water partition coefficient (Wildman–Crippen LogP) is 2.22. The van der Waals surface area contributed by atoms with Crippen LogP contribution in [0.1, 0.15) is 27.7 Å². The lowest BCUT2D eigenvalue weighted by Gasteiger charge is -2.32. The van der Waals surface area contributed by atoms with Gasteiger partial charge in [0.15, 0.2) is 5.82 Å². The van der Waals surface area contributed by atoms with Gasteiger partial charge in [-0.3, -0.25) is 4.79 Å². The van der Waals surface area contributed by atoms with E-state index in [0.717, 1.165) is 5.59 Å². The molecule has 7 heteroatoms. The minimum atomic E-state index is -0.481. The number of fused-ring (bicyclic) bond motifs is 1. The van der Waals surface area contributed by atoms with Gasteiger partial charge in [-0.2, -0.15) is 0 Å². The van der Waals surface area contributed by atoms with E-state index in [-0.39, 0.29) is 5.56 Å². The van der Waals surface area contributed by atoms with Crippen LogP contribution in [-0.2, 0) is 9.31 Å². The summed E-state index contributed by atoms with van der Waals surface area (Å²) in [7, 11) is -0.481. The van der Waals surface area contributed by atoms with Gasteiger partial charge in [0, 0.05) is 5.59 Å². The van der Waals surface area contributed by atoms with Gasteiger partial charge in [-0.05, 0) is 52.0 Å². The van der Waals surface area contributed by atoms with E-state index < -0.39 is 18.3 Å². The number of nitrogens with zero attached hydrogens (tertiary/aromatic N) is 1. The van der Waals surface area contributed by atoms with Crippen molar-refractivity contribution < 1.29 is 9.31 Å². The molecule has 0 unspecified atom stereocenters. The van der Waals surface area contributed by atoms with E-state index in [1.54, 1.807) is 6.07 Å². The summed E-state index contributed by atoms with van der Waals surface area (Å²) in [4.78, 5) is 22.9. The molecule has 0 spiro atoms. The van der Waals surface area contributed by atoms with Gasteiger partial charge in [0.1, 0.15) is 0 Å². The summed E-state index contributed by atoms with van der Waals surface area (Å²) < 4.78 is 12.1. The number of rotatable bonds is 2. The monoisotopic (exact) mass is 337 g/mol. The summed E-state index contributed by atoms with van der Waals surface area (Å²) >= 11 is 0. The van der Waals surface area contributed by atoms with Gasteiger partial charge in [0.25, 0.3) is 5.56 Å². The van der Waals surface area contributed by atoms with Gasteiger partial charge in [0.05, 0.1) is 27.8 Å². The molecule has 3 aromatic rings. The molecule has 0 bridgehead atoms. The summed E-state index contributed by atoms with van der Waals surface area (Å²) in [6, 6.07) is 11.0. The first-order valence-electron chi connectivity index (χ1n) is 8.31.